The van der Waals surface area contributed by atoms with E-state index in [0.717, 1.165) is 11.8 Å². The van der Waals surface area contributed by atoms with Gasteiger partial charge in [-0.3, -0.25) is 4.79 Å². The molecule has 0 fully saturated rings. The second-order valence-electron chi connectivity index (χ2n) is 5.19. The molecule has 1 unspecified atom stereocenters. The van der Waals surface area contributed by atoms with E-state index in [0.29, 0.717) is 5.02 Å². The highest BCUT2D eigenvalue weighted by atomic mass is 35.5. The second kappa shape index (κ2) is 7.09. The van der Waals surface area contributed by atoms with Crippen molar-refractivity contribution in [1.82, 2.24) is 5.32 Å². The summed E-state index contributed by atoms with van der Waals surface area (Å²) in [7, 11) is -3.13. The van der Waals surface area contributed by atoms with Gasteiger partial charge in [-0.1, -0.05) is 43.6 Å². The van der Waals surface area contributed by atoms with Crippen molar-refractivity contribution in [2.75, 3.05) is 12.0 Å². The van der Waals surface area contributed by atoms with Gasteiger partial charge in [-0.05, 0) is 17.5 Å². The number of hydrogen-bond acceptors (Lipinski definition) is 3. The summed E-state index contributed by atoms with van der Waals surface area (Å²) in [6.07, 6.45) is 1.08. The number of amides is 1. The lowest BCUT2D eigenvalue weighted by molar-refractivity contribution is -0.121. The fourth-order valence-electron chi connectivity index (χ4n) is 1.85. The minimum absolute atomic E-state index is 0.0352. The Hall–Kier alpha value is -1.07. The van der Waals surface area contributed by atoms with Crippen molar-refractivity contribution in [1.29, 1.82) is 0 Å². The first-order valence-corrected chi connectivity index (χ1v) is 8.86. The molecule has 1 N–H and O–H groups in total. The van der Waals surface area contributed by atoms with Crippen LogP contribution in [-0.4, -0.2) is 26.3 Å². The molecule has 0 saturated carbocycles. The van der Waals surface area contributed by atoms with E-state index in [4.69, 9.17) is 11.6 Å². The van der Waals surface area contributed by atoms with Crippen LogP contribution in [0.5, 0.6) is 0 Å². The summed E-state index contributed by atoms with van der Waals surface area (Å²) in [5.74, 6) is -0.280. The summed E-state index contributed by atoms with van der Waals surface area (Å²) in [5, 5.41) is 3.45. The van der Waals surface area contributed by atoms with Crippen LogP contribution in [-0.2, 0) is 14.6 Å². The van der Waals surface area contributed by atoms with Crippen LogP contribution in [0.4, 0.5) is 0 Å². The molecule has 0 heterocycles. The second-order valence-corrected chi connectivity index (χ2v) is 7.86. The van der Waals surface area contributed by atoms with Gasteiger partial charge in [0.2, 0.25) is 5.91 Å². The number of carbonyl (C=O) groups excluding carboxylic acids is 1. The van der Waals surface area contributed by atoms with Crippen LogP contribution in [0, 0.1) is 5.92 Å². The van der Waals surface area contributed by atoms with Gasteiger partial charge in [0, 0.05) is 17.7 Å². The van der Waals surface area contributed by atoms with E-state index in [-0.39, 0.29) is 30.0 Å². The van der Waals surface area contributed by atoms with E-state index < -0.39 is 9.84 Å². The largest absolute Gasteiger partial charge is 0.349 e. The Bertz CT molecular complexity index is 570. The van der Waals surface area contributed by atoms with E-state index in [1.54, 1.807) is 6.07 Å². The molecule has 0 radical (unpaired) electrons. The van der Waals surface area contributed by atoms with Gasteiger partial charge in [0.1, 0.15) is 9.84 Å². The van der Waals surface area contributed by atoms with E-state index in [1.165, 1.54) is 0 Å². The maximum absolute atomic E-state index is 11.9. The third-order valence-electron chi connectivity index (χ3n) is 2.92. The summed E-state index contributed by atoms with van der Waals surface area (Å²) in [5.41, 5.74) is 0.844. The molecule has 112 valence electrons. The van der Waals surface area contributed by atoms with Gasteiger partial charge >= 0.3 is 0 Å². The maximum Gasteiger partial charge on any atom is 0.221 e. The lowest BCUT2D eigenvalue weighted by Gasteiger charge is -2.23. The van der Waals surface area contributed by atoms with Gasteiger partial charge in [-0.25, -0.2) is 8.42 Å². The van der Waals surface area contributed by atoms with Crippen LogP contribution in [0.2, 0.25) is 5.02 Å². The monoisotopic (exact) mass is 317 g/mol. The van der Waals surface area contributed by atoms with Crippen molar-refractivity contribution >= 4 is 27.3 Å². The minimum Gasteiger partial charge on any atom is -0.349 e. The Morgan fingerprint density at radius 3 is 2.40 bits per heavy atom. The third-order valence-corrected chi connectivity index (χ3v) is 4.21. The number of halogens is 1. The van der Waals surface area contributed by atoms with Crippen LogP contribution < -0.4 is 5.32 Å². The number of benzene rings is 1. The zero-order chi connectivity index (χ0) is 15.3. The molecule has 1 atom stereocenters. The molecule has 6 heteroatoms. The van der Waals surface area contributed by atoms with Crippen molar-refractivity contribution in [3.63, 3.8) is 0 Å². The topological polar surface area (TPSA) is 63.2 Å². The van der Waals surface area contributed by atoms with Crippen LogP contribution in [0.1, 0.15) is 31.9 Å². The molecule has 0 aliphatic heterocycles. The molecule has 20 heavy (non-hydrogen) atoms. The number of rotatable bonds is 6. The van der Waals surface area contributed by atoms with Crippen molar-refractivity contribution in [2.24, 2.45) is 5.92 Å². The van der Waals surface area contributed by atoms with Gasteiger partial charge in [0.15, 0.2) is 0 Å². The number of sulfone groups is 1. The number of carbonyl (C=O) groups is 1. The normalized spacial score (nSPS) is 13.2. The molecule has 0 aliphatic carbocycles. The molecule has 0 bridgehead atoms. The third kappa shape index (κ3) is 5.51. The number of hydrogen-bond donors (Lipinski definition) is 1. The molecule has 4 nitrogen and oxygen atoms in total. The Labute approximate surface area is 125 Å². The van der Waals surface area contributed by atoms with E-state index in [1.807, 2.05) is 32.0 Å². The first-order valence-electron chi connectivity index (χ1n) is 6.42. The van der Waals surface area contributed by atoms with Crippen molar-refractivity contribution < 1.29 is 13.2 Å². The van der Waals surface area contributed by atoms with Crippen LogP contribution in [0.15, 0.2) is 24.3 Å². The zero-order valence-corrected chi connectivity index (χ0v) is 13.5. The smallest absolute Gasteiger partial charge is 0.221 e. The molecular formula is C14H20ClNO3S. The summed E-state index contributed by atoms with van der Waals surface area (Å²) >= 11 is 6.15. The van der Waals surface area contributed by atoms with E-state index in [2.05, 4.69) is 5.32 Å². The van der Waals surface area contributed by atoms with Gasteiger partial charge in [-0.15, -0.1) is 0 Å². The SMILES string of the molecule is CC(C)C(NC(=O)CCS(C)(=O)=O)c1ccccc1Cl. The van der Waals surface area contributed by atoms with Gasteiger partial charge in [0.05, 0.1) is 11.8 Å². The highest BCUT2D eigenvalue weighted by molar-refractivity contribution is 7.90. The zero-order valence-electron chi connectivity index (χ0n) is 11.9. The Morgan fingerprint density at radius 1 is 1.30 bits per heavy atom. The minimum atomic E-state index is -3.13. The first-order chi connectivity index (χ1) is 9.20. The average molecular weight is 318 g/mol. The van der Waals surface area contributed by atoms with E-state index >= 15 is 0 Å². The predicted molar refractivity (Wildman–Crippen MR) is 81.5 cm³/mol. The molecule has 1 rings (SSSR count). The molecule has 0 aliphatic rings. The summed E-state index contributed by atoms with van der Waals surface area (Å²) in [4.78, 5) is 11.9. The first kappa shape index (κ1) is 17.0. The average Bonchev–Trinajstić information content (AvgIpc) is 2.33. The summed E-state index contributed by atoms with van der Waals surface area (Å²) in [6.45, 7) is 3.95. The molecule has 1 amide bonds. The summed E-state index contributed by atoms with van der Waals surface area (Å²) in [6, 6.07) is 7.10. The Balaban J connectivity index is 2.79. The maximum atomic E-state index is 11.9. The van der Waals surface area contributed by atoms with Crippen LogP contribution >= 0.6 is 11.6 Å². The highest BCUT2D eigenvalue weighted by Crippen LogP contribution is 2.28. The van der Waals surface area contributed by atoms with Crippen molar-refractivity contribution in [2.45, 2.75) is 26.3 Å². The molecule has 0 aromatic heterocycles. The van der Waals surface area contributed by atoms with Gasteiger partial charge in [0.25, 0.3) is 0 Å². The van der Waals surface area contributed by atoms with Crippen LogP contribution in [0.3, 0.4) is 0 Å². The summed E-state index contributed by atoms with van der Waals surface area (Å²) < 4.78 is 22.2. The Kier molecular flexibility index (Phi) is 6.02. The fraction of sp³-hybridized carbons (Fsp3) is 0.500. The van der Waals surface area contributed by atoms with Gasteiger partial charge in [-0.2, -0.15) is 0 Å². The molecule has 1 aromatic carbocycles. The molecule has 0 spiro atoms. The number of nitrogens with one attached hydrogen (secondary N) is 1. The standard InChI is InChI=1S/C14H20ClNO3S/c1-10(2)14(11-6-4-5-7-12(11)15)16-13(17)8-9-20(3,18)19/h4-7,10,14H,8-9H2,1-3H3,(H,16,17). The lowest BCUT2D eigenvalue weighted by atomic mass is 9.96. The predicted octanol–water partition coefficient (Wildman–Crippen LogP) is 2.59. The van der Waals surface area contributed by atoms with Gasteiger partial charge < -0.3 is 5.32 Å². The quantitative estimate of drug-likeness (QED) is 0.877. The molecule has 0 saturated heterocycles. The highest BCUT2D eigenvalue weighted by Gasteiger charge is 2.20. The van der Waals surface area contributed by atoms with Crippen LogP contribution in [0.25, 0.3) is 0 Å². The Morgan fingerprint density at radius 2 is 1.90 bits per heavy atom. The molecular weight excluding hydrogens is 298 g/mol. The van der Waals surface area contributed by atoms with E-state index in [9.17, 15) is 13.2 Å². The lowest BCUT2D eigenvalue weighted by Crippen LogP contribution is -2.32. The van der Waals surface area contributed by atoms with Crippen molar-refractivity contribution in [3.8, 4) is 0 Å². The van der Waals surface area contributed by atoms with Crippen molar-refractivity contribution in [3.05, 3.63) is 34.9 Å². The fourth-order valence-corrected chi connectivity index (χ4v) is 2.66. The molecule has 1 aromatic rings.